The molecule has 26 heavy (non-hydrogen) atoms. The number of rotatable bonds is 5. The Morgan fingerprint density at radius 2 is 1.73 bits per heavy atom. The Hall–Kier alpha value is -2.33. The van der Waals surface area contributed by atoms with Gasteiger partial charge in [-0.1, -0.05) is 48.0 Å². The van der Waals surface area contributed by atoms with Crippen LogP contribution in [-0.4, -0.2) is 48.6 Å². The first-order valence-electron chi connectivity index (χ1n) is 9.48. The highest BCUT2D eigenvalue weighted by molar-refractivity contribution is 5.89. The van der Waals surface area contributed by atoms with Gasteiger partial charge < -0.3 is 15.1 Å². The van der Waals surface area contributed by atoms with Gasteiger partial charge in [-0.3, -0.25) is 0 Å². The molecule has 1 fully saturated rings. The van der Waals surface area contributed by atoms with Gasteiger partial charge in [-0.2, -0.15) is 0 Å². The van der Waals surface area contributed by atoms with E-state index in [-0.39, 0.29) is 6.03 Å². The highest BCUT2D eigenvalue weighted by Gasteiger charge is 2.26. The Bertz CT molecular complexity index is 691. The van der Waals surface area contributed by atoms with Crippen LogP contribution in [-0.2, 0) is 6.42 Å². The standard InChI is InChI=1S/C22H29N3O/c1-18-8-10-20(11-9-18)23-22(26)25(21-13-15-24(2)16-14-21)17-12-19-6-4-3-5-7-19/h3-11,21H,12-17H2,1-2H3,(H,23,26). The molecule has 4 nitrogen and oxygen atoms in total. The highest BCUT2D eigenvalue weighted by Crippen LogP contribution is 2.18. The number of hydrogen-bond acceptors (Lipinski definition) is 2. The first-order valence-corrected chi connectivity index (χ1v) is 9.48. The van der Waals surface area contributed by atoms with E-state index in [1.807, 2.05) is 35.2 Å². The molecule has 0 unspecified atom stereocenters. The molecule has 1 saturated heterocycles. The summed E-state index contributed by atoms with van der Waals surface area (Å²) < 4.78 is 0. The third kappa shape index (κ3) is 5.09. The Kier molecular flexibility index (Phi) is 6.29. The number of anilines is 1. The Morgan fingerprint density at radius 1 is 1.08 bits per heavy atom. The van der Waals surface area contributed by atoms with E-state index in [1.165, 1.54) is 11.1 Å². The van der Waals surface area contributed by atoms with Gasteiger partial charge in [-0.25, -0.2) is 4.79 Å². The molecule has 0 atom stereocenters. The number of carbonyl (C=O) groups excluding carboxylic acids is 1. The molecule has 1 aliphatic heterocycles. The van der Waals surface area contributed by atoms with Crippen molar-refractivity contribution in [2.75, 3.05) is 32.0 Å². The van der Waals surface area contributed by atoms with Crippen LogP contribution < -0.4 is 5.32 Å². The zero-order valence-electron chi connectivity index (χ0n) is 15.8. The predicted octanol–water partition coefficient (Wildman–Crippen LogP) is 4.17. The molecule has 4 heteroatoms. The van der Waals surface area contributed by atoms with E-state index < -0.39 is 0 Å². The molecule has 1 heterocycles. The maximum Gasteiger partial charge on any atom is 0.322 e. The number of carbonyl (C=O) groups is 1. The van der Waals surface area contributed by atoms with Crippen LogP contribution >= 0.6 is 0 Å². The number of piperidine rings is 1. The fraction of sp³-hybridized carbons (Fsp3) is 0.409. The molecule has 0 saturated carbocycles. The first kappa shape index (κ1) is 18.5. The van der Waals surface area contributed by atoms with Gasteiger partial charge in [0, 0.05) is 18.3 Å². The summed E-state index contributed by atoms with van der Waals surface area (Å²) in [5.74, 6) is 0. The van der Waals surface area contributed by atoms with E-state index in [4.69, 9.17) is 0 Å². The number of hydrogen-bond donors (Lipinski definition) is 1. The number of benzene rings is 2. The maximum absolute atomic E-state index is 13.0. The Morgan fingerprint density at radius 3 is 2.38 bits per heavy atom. The molecule has 0 spiro atoms. The van der Waals surface area contributed by atoms with E-state index in [2.05, 4.69) is 48.5 Å². The minimum Gasteiger partial charge on any atom is -0.321 e. The van der Waals surface area contributed by atoms with Gasteiger partial charge >= 0.3 is 6.03 Å². The lowest BCUT2D eigenvalue weighted by molar-refractivity contribution is 0.140. The van der Waals surface area contributed by atoms with E-state index in [0.29, 0.717) is 6.04 Å². The topological polar surface area (TPSA) is 35.6 Å². The smallest absolute Gasteiger partial charge is 0.321 e. The summed E-state index contributed by atoms with van der Waals surface area (Å²) in [6, 6.07) is 18.7. The van der Waals surface area contributed by atoms with Gasteiger partial charge in [0.25, 0.3) is 0 Å². The van der Waals surface area contributed by atoms with Gasteiger partial charge in [0.2, 0.25) is 0 Å². The summed E-state index contributed by atoms with van der Waals surface area (Å²) in [6.45, 7) is 4.89. The van der Waals surface area contributed by atoms with E-state index in [9.17, 15) is 4.79 Å². The van der Waals surface area contributed by atoms with Gasteiger partial charge in [0.05, 0.1) is 0 Å². The van der Waals surface area contributed by atoms with Crippen LogP contribution in [0, 0.1) is 6.92 Å². The maximum atomic E-state index is 13.0. The van der Waals surface area contributed by atoms with Gasteiger partial charge in [0.15, 0.2) is 0 Å². The molecular weight excluding hydrogens is 322 g/mol. The van der Waals surface area contributed by atoms with Crippen molar-refractivity contribution in [1.29, 1.82) is 0 Å². The average molecular weight is 351 g/mol. The fourth-order valence-electron chi connectivity index (χ4n) is 3.48. The molecule has 1 aliphatic rings. The summed E-state index contributed by atoms with van der Waals surface area (Å²) in [6.07, 6.45) is 2.95. The zero-order valence-corrected chi connectivity index (χ0v) is 15.8. The van der Waals surface area contributed by atoms with Crippen molar-refractivity contribution in [1.82, 2.24) is 9.80 Å². The van der Waals surface area contributed by atoms with Crippen LogP contribution in [0.1, 0.15) is 24.0 Å². The molecular formula is C22H29N3O. The summed E-state index contributed by atoms with van der Waals surface area (Å²) >= 11 is 0. The third-order valence-electron chi connectivity index (χ3n) is 5.18. The SMILES string of the molecule is Cc1ccc(NC(=O)N(CCc2ccccc2)C2CCN(C)CC2)cc1. The molecule has 138 valence electrons. The highest BCUT2D eigenvalue weighted by atomic mass is 16.2. The van der Waals surface area contributed by atoms with E-state index >= 15 is 0 Å². The zero-order chi connectivity index (χ0) is 18.4. The van der Waals surface area contributed by atoms with Crippen LogP contribution in [0.25, 0.3) is 0 Å². The summed E-state index contributed by atoms with van der Waals surface area (Å²) in [4.78, 5) is 17.4. The second-order valence-electron chi connectivity index (χ2n) is 7.26. The number of amides is 2. The minimum absolute atomic E-state index is 0.0133. The second kappa shape index (κ2) is 8.86. The molecule has 2 aromatic carbocycles. The number of likely N-dealkylation sites (tertiary alicyclic amines) is 1. The summed E-state index contributed by atoms with van der Waals surface area (Å²) in [7, 11) is 2.15. The molecule has 0 aromatic heterocycles. The van der Waals surface area contributed by atoms with Crippen molar-refractivity contribution in [3.63, 3.8) is 0 Å². The van der Waals surface area contributed by atoms with Crippen molar-refractivity contribution in [2.24, 2.45) is 0 Å². The van der Waals surface area contributed by atoms with Gasteiger partial charge in [-0.15, -0.1) is 0 Å². The third-order valence-corrected chi connectivity index (χ3v) is 5.18. The van der Waals surface area contributed by atoms with Crippen LogP contribution in [0.2, 0.25) is 0 Å². The van der Waals surface area contributed by atoms with E-state index in [0.717, 1.165) is 44.6 Å². The molecule has 0 radical (unpaired) electrons. The van der Waals surface area contributed by atoms with Crippen molar-refractivity contribution >= 4 is 11.7 Å². The predicted molar refractivity (Wildman–Crippen MR) is 108 cm³/mol. The van der Waals surface area contributed by atoms with Crippen molar-refractivity contribution < 1.29 is 4.79 Å². The molecule has 0 bridgehead atoms. The number of nitrogens with one attached hydrogen (secondary N) is 1. The lowest BCUT2D eigenvalue weighted by atomic mass is 10.0. The lowest BCUT2D eigenvalue weighted by Crippen LogP contribution is -2.48. The van der Waals surface area contributed by atoms with Crippen molar-refractivity contribution in [3.05, 3.63) is 65.7 Å². The summed E-state index contributed by atoms with van der Waals surface area (Å²) in [5.41, 5.74) is 3.33. The lowest BCUT2D eigenvalue weighted by Gasteiger charge is -2.37. The number of nitrogens with zero attached hydrogens (tertiary/aromatic N) is 2. The Balaban J connectivity index is 1.68. The minimum atomic E-state index is 0.0133. The molecule has 3 rings (SSSR count). The Labute approximate surface area is 156 Å². The van der Waals surface area contributed by atoms with Crippen molar-refractivity contribution in [3.8, 4) is 0 Å². The van der Waals surface area contributed by atoms with Gasteiger partial charge in [0.1, 0.15) is 0 Å². The first-order chi connectivity index (χ1) is 12.6. The van der Waals surface area contributed by atoms with Crippen molar-refractivity contribution in [2.45, 2.75) is 32.2 Å². The summed E-state index contributed by atoms with van der Waals surface area (Å²) in [5, 5.41) is 3.09. The normalized spacial score (nSPS) is 15.6. The molecule has 1 N–H and O–H groups in total. The molecule has 0 aliphatic carbocycles. The quantitative estimate of drug-likeness (QED) is 0.878. The number of urea groups is 1. The average Bonchev–Trinajstić information content (AvgIpc) is 2.66. The number of aryl methyl sites for hydroxylation is 1. The molecule has 2 aromatic rings. The van der Waals surface area contributed by atoms with Gasteiger partial charge in [-0.05, 0) is 64.0 Å². The second-order valence-corrected chi connectivity index (χ2v) is 7.26. The van der Waals surface area contributed by atoms with Crippen LogP contribution in [0.15, 0.2) is 54.6 Å². The van der Waals surface area contributed by atoms with Crippen LogP contribution in [0.4, 0.5) is 10.5 Å². The van der Waals surface area contributed by atoms with Crippen LogP contribution in [0.5, 0.6) is 0 Å². The fourth-order valence-corrected chi connectivity index (χ4v) is 3.48. The monoisotopic (exact) mass is 351 g/mol. The molecule has 2 amide bonds. The largest absolute Gasteiger partial charge is 0.322 e. The van der Waals surface area contributed by atoms with Crippen LogP contribution in [0.3, 0.4) is 0 Å². The van der Waals surface area contributed by atoms with E-state index in [1.54, 1.807) is 0 Å².